The van der Waals surface area contributed by atoms with Gasteiger partial charge in [0.05, 0.1) is 11.7 Å². The third-order valence-electron chi connectivity index (χ3n) is 2.70. The third kappa shape index (κ3) is 2.38. The Bertz CT molecular complexity index is 531. The van der Waals surface area contributed by atoms with Crippen LogP contribution in [0.25, 0.3) is 5.70 Å². The molecule has 2 aromatic rings. The summed E-state index contributed by atoms with van der Waals surface area (Å²) in [4.78, 5) is 1.33. The van der Waals surface area contributed by atoms with E-state index in [9.17, 15) is 0 Å². The summed E-state index contributed by atoms with van der Waals surface area (Å²) in [6, 6.07) is 13.0. The van der Waals surface area contributed by atoms with Crippen LogP contribution in [-0.4, -0.2) is 0 Å². The van der Waals surface area contributed by atoms with Gasteiger partial charge in [0.1, 0.15) is 0 Å². The number of halogens is 1. The molecule has 0 bridgehead atoms. The van der Waals surface area contributed by atoms with Crippen LogP contribution >= 0.6 is 33.9 Å². The fraction of sp³-hybridized carbons (Fsp3) is 0.0769. The fourth-order valence-corrected chi connectivity index (χ4v) is 2.93. The van der Waals surface area contributed by atoms with Gasteiger partial charge >= 0.3 is 0 Å². The highest BCUT2D eigenvalue weighted by molar-refractivity contribution is 14.1. The minimum atomic E-state index is 0.282. The summed E-state index contributed by atoms with van der Waals surface area (Å²) in [5, 5.41) is 2.10. The molecule has 0 amide bonds. The van der Waals surface area contributed by atoms with Crippen LogP contribution in [0.4, 0.5) is 0 Å². The largest absolute Gasteiger partial charge is 0.320 e. The number of benzene rings is 1. The summed E-state index contributed by atoms with van der Waals surface area (Å²) in [5.74, 6) is 0. The number of nitrogens with one attached hydrogen (secondary N) is 2. The monoisotopic (exact) mass is 354 g/mol. The predicted molar refractivity (Wildman–Crippen MR) is 80.5 cm³/mol. The molecule has 1 aliphatic heterocycles. The standard InChI is InChI=1S/C13H11IN2S/c14-10-5-3-9(4-6-10)11-8-12(16-15-11)13-2-1-7-17-13/h1-8,12,15-16H. The zero-order chi connectivity index (χ0) is 11.7. The fourth-order valence-electron chi connectivity index (χ4n) is 1.82. The Labute approximate surface area is 118 Å². The van der Waals surface area contributed by atoms with Crippen LogP contribution in [0.3, 0.4) is 0 Å². The lowest BCUT2D eigenvalue weighted by Gasteiger charge is -2.06. The number of hydrazine groups is 1. The first kappa shape index (κ1) is 11.3. The van der Waals surface area contributed by atoms with Crippen molar-refractivity contribution in [2.75, 3.05) is 0 Å². The van der Waals surface area contributed by atoms with E-state index in [4.69, 9.17) is 0 Å². The summed E-state index contributed by atoms with van der Waals surface area (Å²) in [6.07, 6.45) is 2.23. The van der Waals surface area contributed by atoms with Crippen molar-refractivity contribution in [1.29, 1.82) is 0 Å². The molecule has 4 heteroatoms. The van der Waals surface area contributed by atoms with Crippen LogP contribution in [0.2, 0.25) is 0 Å². The van der Waals surface area contributed by atoms with Crippen LogP contribution in [-0.2, 0) is 0 Å². The van der Waals surface area contributed by atoms with Gasteiger partial charge in [0.2, 0.25) is 0 Å². The van der Waals surface area contributed by atoms with Crippen LogP contribution in [0.5, 0.6) is 0 Å². The maximum atomic E-state index is 3.29. The molecule has 1 aliphatic rings. The number of hydrogen-bond acceptors (Lipinski definition) is 3. The molecule has 86 valence electrons. The predicted octanol–water partition coefficient (Wildman–Crippen LogP) is 3.54. The zero-order valence-electron chi connectivity index (χ0n) is 8.98. The molecule has 2 nitrogen and oxygen atoms in total. The molecule has 1 aromatic carbocycles. The number of thiophene rings is 1. The second-order valence-electron chi connectivity index (χ2n) is 3.85. The molecule has 0 saturated carbocycles. The summed E-state index contributed by atoms with van der Waals surface area (Å²) >= 11 is 4.09. The minimum Gasteiger partial charge on any atom is -0.320 e. The average molecular weight is 354 g/mol. The van der Waals surface area contributed by atoms with Crippen molar-refractivity contribution in [3.05, 3.63) is 61.9 Å². The molecule has 1 aromatic heterocycles. The molecule has 0 saturated heterocycles. The normalized spacial score (nSPS) is 18.9. The molecule has 17 heavy (non-hydrogen) atoms. The third-order valence-corrected chi connectivity index (χ3v) is 4.38. The van der Waals surface area contributed by atoms with Crippen molar-refractivity contribution in [2.24, 2.45) is 0 Å². The van der Waals surface area contributed by atoms with E-state index in [-0.39, 0.29) is 6.04 Å². The van der Waals surface area contributed by atoms with Gasteiger partial charge in [-0.05, 0) is 57.8 Å². The van der Waals surface area contributed by atoms with Crippen molar-refractivity contribution in [3.8, 4) is 0 Å². The van der Waals surface area contributed by atoms with Crippen molar-refractivity contribution >= 4 is 39.6 Å². The Morgan fingerprint density at radius 3 is 2.65 bits per heavy atom. The van der Waals surface area contributed by atoms with Crippen LogP contribution in [0.15, 0.2) is 47.9 Å². The van der Waals surface area contributed by atoms with E-state index in [1.54, 1.807) is 11.3 Å². The molecule has 3 rings (SSSR count). The van der Waals surface area contributed by atoms with Crippen LogP contribution in [0.1, 0.15) is 16.5 Å². The van der Waals surface area contributed by atoms with E-state index < -0.39 is 0 Å². The Kier molecular flexibility index (Phi) is 3.17. The van der Waals surface area contributed by atoms with Gasteiger partial charge in [0, 0.05) is 8.45 Å². The van der Waals surface area contributed by atoms with E-state index in [1.807, 2.05) is 0 Å². The van der Waals surface area contributed by atoms with Gasteiger partial charge in [-0.25, -0.2) is 5.43 Å². The molecule has 1 atom stereocenters. The Hall–Kier alpha value is -0.850. The molecule has 2 heterocycles. The van der Waals surface area contributed by atoms with Gasteiger partial charge in [-0.1, -0.05) is 18.2 Å². The Morgan fingerprint density at radius 1 is 1.12 bits per heavy atom. The lowest BCUT2D eigenvalue weighted by molar-refractivity contribution is 0.623. The number of rotatable bonds is 2. The van der Waals surface area contributed by atoms with Gasteiger partial charge in [-0.3, -0.25) is 0 Å². The van der Waals surface area contributed by atoms with E-state index in [0.29, 0.717) is 0 Å². The van der Waals surface area contributed by atoms with Crippen molar-refractivity contribution in [3.63, 3.8) is 0 Å². The zero-order valence-corrected chi connectivity index (χ0v) is 12.0. The van der Waals surface area contributed by atoms with Crippen molar-refractivity contribution in [2.45, 2.75) is 6.04 Å². The first-order chi connectivity index (χ1) is 8.33. The summed E-state index contributed by atoms with van der Waals surface area (Å²) in [5.41, 5.74) is 8.91. The molecular weight excluding hydrogens is 343 g/mol. The summed E-state index contributed by atoms with van der Waals surface area (Å²) in [6.45, 7) is 0. The smallest absolute Gasteiger partial charge is 0.0806 e. The van der Waals surface area contributed by atoms with Gasteiger partial charge in [0.25, 0.3) is 0 Å². The van der Waals surface area contributed by atoms with Gasteiger partial charge in [0.15, 0.2) is 0 Å². The molecule has 1 unspecified atom stereocenters. The van der Waals surface area contributed by atoms with Crippen LogP contribution < -0.4 is 10.9 Å². The Balaban J connectivity index is 1.86. The molecule has 2 N–H and O–H groups in total. The second-order valence-corrected chi connectivity index (χ2v) is 6.07. The maximum Gasteiger partial charge on any atom is 0.0806 e. The second kappa shape index (κ2) is 4.80. The first-order valence-electron chi connectivity index (χ1n) is 5.35. The molecule has 0 aliphatic carbocycles. The molecular formula is C13H11IN2S. The highest BCUT2D eigenvalue weighted by Crippen LogP contribution is 2.27. The van der Waals surface area contributed by atoms with Crippen LogP contribution in [0, 0.1) is 3.57 Å². The summed E-state index contributed by atoms with van der Waals surface area (Å²) in [7, 11) is 0. The van der Waals surface area contributed by atoms with Gasteiger partial charge in [-0.15, -0.1) is 11.3 Å². The quantitative estimate of drug-likeness (QED) is 0.807. The van der Waals surface area contributed by atoms with Gasteiger partial charge in [-0.2, -0.15) is 0 Å². The topological polar surface area (TPSA) is 24.1 Å². The SMILES string of the molecule is Ic1ccc(C2=CC(c3cccs3)NN2)cc1. The Morgan fingerprint density at radius 2 is 1.94 bits per heavy atom. The van der Waals surface area contributed by atoms with Crippen molar-refractivity contribution in [1.82, 2.24) is 10.9 Å². The maximum absolute atomic E-state index is 3.29. The highest BCUT2D eigenvalue weighted by atomic mass is 127. The van der Waals surface area contributed by atoms with E-state index in [1.165, 1.54) is 14.0 Å². The van der Waals surface area contributed by atoms with E-state index in [0.717, 1.165) is 5.70 Å². The molecule has 0 radical (unpaired) electrons. The van der Waals surface area contributed by atoms with E-state index >= 15 is 0 Å². The van der Waals surface area contributed by atoms with Crippen molar-refractivity contribution < 1.29 is 0 Å². The van der Waals surface area contributed by atoms with Gasteiger partial charge < -0.3 is 5.43 Å². The lowest BCUT2D eigenvalue weighted by Crippen LogP contribution is -2.25. The number of hydrogen-bond donors (Lipinski definition) is 2. The highest BCUT2D eigenvalue weighted by Gasteiger charge is 2.17. The minimum absolute atomic E-state index is 0.282. The average Bonchev–Trinajstić information content (AvgIpc) is 3.00. The molecule has 0 fully saturated rings. The molecule has 0 spiro atoms. The van der Waals surface area contributed by atoms with E-state index in [2.05, 4.69) is 81.3 Å². The lowest BCUT2D eigenvalue weighted by atomic mass is 10.1. The first-order valence-corrected chi connectivity index (χ1v) is 7.31. The summed E-state index contributed by atoms with van der Waals surface area (Å²) < 4.78 is 1.26.